The van der Waals surface area contributed by atoms with Gasteiger partial charge in [-0.2, -0.15) is 0 Å². The first kappa shape index (κ1) is 18.8. The van der Waals surface area contributed by atoms with Crippen LogP contribution in [-0.2, 0) is 19.6 Å². The van der Waals surface area contributed by atoms with Crippen LogP contribution in [0.4, 0.5) is 0 Å². The van der Waals surface area contributed by atoms with Crippen molar-refractivity contribution in [1.82, 2.24) is 15.3 Å². The highest BCUT2D eigenvalue weighted by atomic mass is 35.5. The van der Waals surface area contributed by atoms with Crippen LogP contribution < -0.4 is 10.1 Å². The van der Waals surface area contributed by atoms with Gasteiger partial charge in [0.2, 0.25) is 0 Å². The number of rotatable bonds is 8. The molecule has 6 heteroatoms. The van der Waals surface area contributed by atoms with E-state index in [1.54, 1.807) is 17.5 Å². The molecule has 0 unspecified atom stereocenters. The van der Waals surface area contributed by atoms with Gasteiger partial charge in [-0.15, -0.1) is 11.3 Å². The first-order valence-corrected chi connectivity index (χ1v) is 9.75. The topological polar surface area (TPSA) is 47.0 Å². The van der Waals surface area contributed by atoms with Gasteiger partial charge in [-0.25, -0.2) is 4.98 Å². The number of pyridine rings is 1. The molecule has 1 N–H and O–H groups in total. The van der Waals surface area contributed by atoms with Gasteiger partial charge in [-0.1, -0.05) is 17.7 Å². The molecule has 3 aromatic rings. The zero-order chi connectivity index (χ0) is 18.4. The Kier molecular flexibility index (Phi) is 6.61. The van der Waals surface area contributed by atoms with Crippen molar-refractivity contribution in [1.29, 1.82) is 0 Å². The number of aromatic nitrogens is 2. The third kappa shape index (κ3) is 5.27. The largest absolute Gasteiger partial charge is 0.489 e. The Balaban J connectivity index is 1.56. The molecule has 0 aliphatic heterocycles. The van der Waals surface area contributed by atoms with Gasteiger partial charge in [0.15, 0.2) is 0 Å². The second kappa shape index (κ2) is 9.12. The lowest BCUT2D eigenvalue weighted by atomic mass is 10.2. The van der Waals surface area contributed by atoms with E-state index < -0.39 is 0 Å². The van der Waals surface area contributed by atoms with Crippen molar-refractivity contribution in [2.24, 2.45) is 0 Å². The van der Waals surface area contributed by atoms with Gasteiger partial charge < -0.3 is 10.1 Å². The SMILES string of the molecule is Cc1nc(C)c(CCNCc2cc(Cl)ccc2OCc2cccnc2)s1. The molecule has 0 fully saturated rings. The van der Waals surface area contributed by atoms with E-state index in [1.165, 1.54) is 4.88 Å². The van der Waals surface area contributed by atoms with Crippen LogP contribution in [-0.4, -0.2) is 16.5 Å². The van der Waals surface area contributed by atoms with Gasteiger partial charge in [-0.3, -0.25) is 4.98 Å². The normalized spacial score (nSPS) is 10.9. The van der Waals surface area contributed by atoms with Gasteiger partial charge in [0.05, 0.1) is 10.7 Å². The smallest absolute Gasteiger partial charge is 0.124 e. The van der Waals surface area contributed by atoms with E-state index >= 15 is 0 Å². The molecule has 0 spiro atoms. The molecule has 2 heterocycles. The molecule has 0 amide bonds. The highest BCUT2D eigenvalue weighted by Crippen LogP contribution is 2.24. The van der Waals surface area contributed by atoms with Crippen molar-refractivity contribution in [3.8, 4) is 5.75 Å². The van der Waals surface area contributed by atoms with E-state index in [0.29, 0.717) is 18.2 Å². The van der Waals surface area contributed by atoms with Gasteiger partial charge in [0, 0.05) is 46.5 Å². The summed E-state index contributed by atoms with van der Waals surface area (Å²) >= 11 is 7.94. The van der Waals surface area contributed by atoms with Crippen LogP contribution in [0, 0.1) is 13.8 Å². The zero-order valence-corrected chi connectivity index (χ0v) is 16.5. The van der Waals surface area contributed by atoms with E-state index in [2.05, 4.69) is 22.2 Å². The summed E-state index contributed by atoms with van der Waals surface area (Å²) in [6.45, 7) is 6.20. The van der Waals surface area contributed by atoms with Crippen LogP contribution in [0.3, 0.4) is 0 Å². The number of aryl methyl sites for hydroxylation is 2. The average molecular weight is 388 g/mol. The predicted octanol–water partition coefficient (Wildman–Crippen LogP) is 4.72. The predicted molar refractivity (Wildman–Crippen MR) is 107 cm³/mol. The minimum atomic E-state index is 0.488. The van der Waals surface area contributed by atoms with Crippen LogP contribution in [0.2, 0.25) is 5.02 Å². The Bertz CT molecular complexity index is 852. The molecule has 0 saturated carbocycles. The zero-order valence-electron chi connectivity index (χ0n) is 15.0. The van der Waals surface area contributed by atoms with E-state index in [1.807, 2.05) is 43.5 Å². The van der Waals surface area contributed by atoms with Crippen LogP contribution in [0.1, 0.15) is 26.7 Å². The minimum Gasteiger partial charge on any atom is -0.489 e. The molecule has 0 radical (unpaired) electrons. The van der Waals surface area contributed by atoms with Crippen molar-refractivity contribution in [2.45, 2.75) is 33.4 Å². The first-order valence-electron chi connectivity index (χ1n) is 8.55. The maximum absolute atomic E-state index is 6.17. The van der Waals surface area contributed by atoms with Gasteiger partial charge in [-0.05, 0) is 44.5 Å². The standard InChI is InChI=1S/C20H22ClN3OS/c1-14-20(26-15(2)24-14)7-9-23-12-17-10-18(21)5-6-19(17)25-13-16-4-3-8-22-11-16/h3-6,8,10-11,23H,7,9,12-13H2,1-2H3. The van der Waals surface area contributed by atoms with Crippen molar-refractivity contribution >= 4 is 22.9 Å². The Hall–Kier alpha value is -1.95. The number of halogens is 1. The highest BCUT2D eigenvalue weighted by molar-refractivity contribution is 7.11. The number of nitrogens with zero attached hydrogens (tertiary/aromatic N) is 2. The van der Waals surface area contributed by atoms with Crippen molar-refractivity contribution in [2.75, 3.05) is 6.54 Å². The second-order valence-corrected chi connectivity index (χ2v) is 7.79. The molecule has 136 valence electrons. The third-order valence-corrected chi connectivity index (χ3v) is 5.35. The quantitative estimate of drug-likeness (QED) is 0.568. The molecular weight excluding hydrogens is 366 g/mol. The Morgan fingerprint density at radius 1 is 1.23 bits per heavy atom. The second-order valence-electron chi connectivity index (χ2n) is 6.07. The summed E-state index contributed by atoms with van der Waals surface area (Å²) in [7, 11) is 0. The van der Waals surface area contributed by atoms with E-state index in [9.17, 15) is 0 Å². The van der Waals surface area contributed by atoms with Gasteiger partial charge in [0.25, 0.3) is 0 Å². The Labute approximate surface area is 163 Å². The van der Waals surface area contributed by atoms with E-state index in [-0.39, 0.29) is 0 Å². The lowest BCUT2D eigenvalue weighted by Crippen LogP contribution is -2.17. The van der Waals surface area contributed by atoms with E-state index in [0.717, 1.165) is 40.5 Å². The molecule has 0 bridgehead atoms. The maximum Gasteiger partial charge on any atom is 0.124 e. The fourth-order valence-electron chi connectivity index (χ4n) is 2.70. The van der Waals surface area contributed by atoms with Crippen LogP contribution in [0.15, 0.2) is 42.7 Å². The lowest BCUT2D eigenvalue weighted by molar-refractivity contribution is 0.301. The van der Waals surface area contributed by atoms with Crippen molar-refractivity contribution < 1.29 is 4.74 Å². The maximum atomic E-state index is 6.17. The summed E-state index contributed by atoms with van der Waals surface area (Å²) in [5.41, 5.74) is 3.23. The molecule has 4 nitrogen and oxygen atoms in total. The van der Waals surface area contributed by atoms with Gasteiger partial charge >= 0.3 is 0 Å². The Morgan fingerprint density at radius 3 is 2.85 bits per heavy atom. The fourth-order valence-corrected chi connectivity index (χ4v) is 3.83. The number of ether oxygens (including phenoxy) is 1. The summed E-state index contributed by atoms with van der Waals surface area (Å²) < 4.78 is 5.97. The van der Waals surface area contributed by atoms with Crippen molar-refractivity contribution in [3.63, 3.8) is 0 Å². The van der Waals surface area contributed by atoms with Crippen molar-refractivity contribution in [3.05, 3.63) is 74.5 Å². The third-order valence-electron chi connectivity index (χ3n) is 3.98. The van der Waals surface area contributed by atoms with Crippen LogP contribution >= 0.6 is 22.9 Å². The molecule has 0 atom stereocenters. The first-order chi connectivity index (χ1) is 12.6. The monoisotopic (exact) mass is 387 g/mol. The molecule has 0 saturated heterocycles. The molecular formula is C20H22ClN3OS. The summed E-state index contributed by atoms with van der Waals surface area (Å²) in [6, 6.07) is 9.64. The molecule has 3 rings (SSSR count). The molecule has 0 aliphatic rings. The van der Waals surface area contributed by atoms with Gasteiger partial charge in [0.1, 0.15) is 12.4 Å². The summed E-state index contributed by atoms with van der Waals surface area (Å²) in [4.78, 5) is 9.93. The summed E-state index contributed by atoms with van der Waals surface area (Å²) in [6.07, 6.45) is 4.55. The number of benzene rings is 1. The number of hydrogen-bond acceptors (Lipinski definition) is 5. The Morgan fingerprint density at radius 2 is 2.12 bits per heavy atom. The fraction of sp³-hybridized carbons (Fsp3) is 0.300. The number of thiazole rings is 1. The summed E-state index contributed by atoms with van der Waals surface area (Å²) in [5, 5.41) is 5.32. The summed E-state index contributed by atoms with van der Waals surface area (Å²) in [5.74, 6) is 0.843. The van der Waals surface area contributed by atoms with Crippen LogP contribution in [0.25, 0.3) is 0 Å². The highest BCUT2D eigenvalue weighted by Gasteiger charge is 2.07. The lowest BCUT2D eigenvalue weighted by Gasteiger charge is -2.13. The molecule has 2 aromatic heterocycles. The average Bonchev–Trinajstić information content (AvgIpc) is 2.96. The molecule has 26 heavy (non-hydrogen) atoms. The van der Waals surface area contributed by atoms with Crippen LogP contribution in [0.5, 0.6) is 5.75 Å². The minimum absolute atomic E-state index is 0.488. The number of nitrogens with one attached hydrogen (secondary N) is 1. The molecule has 0 aliphatic carbocycles. The number of hydrogen-bond donors (Lipinski definition) is 1. The van der Waals surface area contributed by atoms with E-state index in [4.69, 9.17) is 16.3 Å². The molecule has 1 aromatic carbocycles.